The van der Waals surface area contributed by atoms with E-state index in [2.05, 4.69) is 20.5 Å². The van der Waals surface area contributed by atoms with E-state index in [0.717, 1.165) is 42.7 Å². The summed E-state index contributed by atoms with van der Waals surface area (Å²) < 4.78 is 5.20. The molecule has 3 fully saturated rings. The van der Waals surface area contributed by atoms with Crippen molar-refractivity contribution in [2.45, 2.75) is 76.0 Å². The fourth-order valence-corrected chi connectivity index (χ4v) is 7.18. The van der Waals surface area contributed by atoms with Gasteiger partial charge in [-0.25, -0.2) is 14.6 Å². The number of hydrogen-bond acceptors (Lipinski definition) is 6. The zero-order chi connectivity index (χ0) is 30.5. The molecule has 5 amide bonds. The normalized spacial score (nSPS) is 20.9. The molecule has 236 valence electrons. The van der Waals surface area contributed by atoms with Crippen molar-refractivity contribution in [3.05, 3.63) is 53.7 Å². The predicted octanol–water partition coefficient (Wildman–Crippen LogP) is 3.70. The van der Waals surface area contributed by atoms with Crippen LogP contribution in [0.4, 0.5) is 15.3 Å². The second-order valence-electron chi connectivity index (χ2n) is 12.5. The van der Waals surface area contributed by atoms with E-state index in [9.17, 15) is 14.4 Å². The zero-order valence-electron chi connectivity index (χ0n) is 25.7. The van der Waals surface area contributed by atoms with Crippen molar-refractivity contribution in [1.82, 2.24) is 29.9 Å². The van der Waals surface area contributed by atoms with Crippen molar-refractivity contribution in [1.29, 1.82) is 0 Å². The molecule has 11 heteroatoms. The molecule has 0 spiro atoms. The molecule has 6 rings (SSSR count). The summed E-state index contributed by atoms with van der Waals surface area (Å²) in [6.45, 7) is 5.35. The number of ether oxygens (including phenoxy) is 1. The molecule has 1 unspecified atom stereocenters. The van der Waals surface area contributed by atoms with Crippen LogP contribution in [0, 0.1) is 0 Å². The van der Waals surface area contributed by atoms with Gasteiger partial charge in [0.15, 0.2) is 0 Å². The van der Waals surface area contributed by atoms with Gasteiger partial charge in [-0.15, -0.1) is 0 Å². The van der Waals surface area contributed by atoms with Gasteiger partial charge in [-0.2, -0.15) is 0 Å². The Balaban J connectivity index is 1.07. The van der Waals surface area contributed by atoms with Crippen LogP contribution < -0.4 is 15.4 Å². The second-order valence-corrected chi connectivity index (χ2v) is 12.5. The van der Waals surface area contributed by atoms with E-state index in [1.807, 2.05) is 40.1 Å². The van der Waals surface area contributed by atoms with Crippen molar-refractivity contribution in [3.8, 4) is 5.88 Å². The molecule has 0 saturated carbocycles. The predicted molar refractivity (Wildman–Crippen MR) is 167 cm³/mol. The van der Waals surface area contributed by atoms with Crippen LogP contribution in [0.3, 0.4) is 0 Å². The van der Waals surface area contributed by atoms with Crippen LogP contribution in [0.25, 0.3) is 0 Å². The van der Waals surface area contributed by atoms with Gasteiger partial charge in [0.05, 0.1) is 7.11 Å². The first kappa shape index (κ1) is 30.2. The maximum atomic E-state index is 13.9. The lowest BCUT2D eigenvalue weighted by molar-refractivity contribution is -0.134. The number of fused-ring (bicyclic) bond motifs is 1. The minimum Gasteiger partial charge on any atom is -0.481 e. The highest BCUT2D eigenvalue weighted by Gasteiger charge is 2.35. The van der Waals surface area contributed by atoms with E-state index in [0.29, 0.717) is 63.9 Å². The molecule has 4 aliphatic heterocycles. The molecule has 11 nitrogen and oxygen atoms in total. The largest absolute Gasteiger partial charge is 0.481 e. The summed E-state index contributed by atoms with van der Waals surface area (Å²) >= 11 is 0. The topological polar surface area (TPSA) is 110 Å². The van der Waals surface area contributed by atoms with E-state index in [-0.39, 0.29) is 24.0 Å². The lowest BCUT2D eigenvalue weighted by Gasteiger charge is -2.42. The summed E-state index contributed by atoms with van der Waals surface area (Å²) in [5, 5.41) is 6.08. The van der Waals surface area contributed by atoms with Gasteiger partial charge in [-0.1, -0.05) is 30.7 Å². The molecule has 2 N–H and O–H groups in total. The number of rotatable bonds is 7. The number of pyridine rings is 1. The number of amides is 5. The highest BCUT2D eigenvalue weighted by molar-refractivity contribution is 5.92. The third-order valence-corrected chi connectivity index (χ3v) is 9.78. The molecule has 1 aromatic heterocycles. The Hall–Kier alpha value is -3.86. The third kappa shape index (κ3) is 6.93. The number of carbonyl (C=O) groups is 3. The number of nitrogens with zero attached hydrogens (tertiary/aromatic N) is 5. The minimum absolute atomic E-state index is 0.0372. The van der Waals surface area contributed by atoms with Gasteiger partial charge >= 0.3 is 12.1 Å². The van der Waals surface area contributed by atoms with E-state index < -0.39 is 6.04 Å². The molecule has 1 aromatic carbocycles. The van der Waals surface area contributed by atoms with Crippen LogP contribution in [0.1, 0.15) is 56.1 Å². The first-order valence-corrected chi connectivity index (χ1v) is 16.2. The van der Waals surface area contributed by atoms with Crippen LogP contribution >= 0.6 is 0 Å². The molecular weight excluding hydrogens is 558 g/mol. The standard InChI is InChI=1S/C33H45N7O4/c1-44-30-10-9-24(22-34-30)21-29(31(41)38-17-11-26(12-18-38)37-15-5-2-6-16-37)36-32(42)39-19-13-27(14-20-39)40-23-25-7-3-4-8-28(25)35-33(40)43/h3-4,7-10,22,26-27,29H,2,5-6,11-21,23H2,1H3,(H,35,43)(H,36,42). The molecule has 0 bridgehead atoms. The number of likely N-dealkylation sites (tertiary alicyclic amines) is 3. The van der Waals surface area contributed by atoms with E-state index in [1.54, 1.807) is 24.3 Å². The number of hydrogen-bond donors (Lipinski definition) is 2. The highest BCUT2D eigenvalue weighted by atomic mass is 16.5. The van der Waals surface area contributed by atoms with Crippen LogP contribution in [0.5, 0.6) is 5.88 Å². The lowest BCUT2D eigenvalue weighted by Crippen LogP contribution is -2.57. The maximum Gasteiger partial charge on any atom is 0.322 e. The maximum absolute atomic E-state index is 13.9. The average molecular weight is 604 g/mol. The zero-order valence-corrected chi connectivity index (χ0v) is 25.7. The van der Waals surface area contributed by atoms with Crippen molar-refractivity contribution in [3.63, 3.8) is 0 Å². The second kappa shape index (κ2) is 13.8. The summed E-state index contributed by atoms with van der Waals surface area (Å²) in [6.07, 6.45) is 9.23. The van der Waals surface area contributed by atoms with Gasteiger partial charge in [0.25, 0.3) is 0 Å². The number of para-hydroxylation sites is 1. The van der Waals surface area contributed by atoms with E-state index in [4.69, 9.17) is 4.74 Å². The molecule has 5 heterocycles. The van der Waals surface area contributed by atoms with E-state index in [1.165, 1.54) is 19.3 Å². The van der Waals surface area contributed by atoms with Gasteiger partial charge < -0.3 is 35.0 Å². The Kier molecular flexibility index (Phi) is 9.49. The number of urea groups is 2. The van der Waals surface area contributed by atoms with Gasteiger partial charge in [0.1, 0.15) is 6.04 Å². The lowest BCUT2D eigenvalue weighted by atomic mass is 9.98. The van der Waals surface area contributed by atoms with Crippen LogP contribution in [-0.2, 0) is 17.8 Å². The Morgan fingerprint density at radius 2 is 1.64 bits per heavy atom. The quantitative estimate of drug-likeness (QED) is 0.500. The van der Waals surface area contributed by atoms with Crippen molar-refractivity contribution < 1.29 is 19.1 Å². The van der Waals surface area contributed by atoms with Crippen molar-refractivity contribution in [2.24, 2.45) is 0 Å². The first-order valence-electron chi connectivity index (χ1n) is 16.2. The number of methoxy groups -OCH3 is 1. The number of aromatic nitrogens is 1. The Bertz CT molecular complexity index is 1300. The Morgan fingerprint density at radius 1 is 0.932 bits per heavy atom. The first-order chi connectivity index (χ1) is 21.5. The smallest absolute Gasteiger partial charge is 0.322 e. The van der Waals surface area contributed by atoms with Gasteiger partial charge in [0, 0.05) is 69.2 Å². The van der Waals surface area contributed by atoms with Gasteiger partial charge in [0.2, 0.25) is 11.8 Å². The molecule has 0 aliphatic carbocycles. The van der Waals surface area contributed by atoms with Crippen LogP contribution in [0.15, 0.2) is 42.6 Å². The average Bonchev–Trinajstić information content (AvgIpc) is 3.08. The monoisotopic (exact) mass is 603 g/mol. The number of piperidine rings is 3. The number of nitrogens with one attached hydrogen (secondary N) is 2. The summed E-state index contributed by atoms with van der Waals surface area (Å²) in [5.74, 6) is 0.471. The molecule has 4 aliphatic rings. The molecule has 0 radical (unpaired) electrons. The molecular formula is C33H45N7O4. The fraction of sp³-hybridized carbons (Fsp3) is 0.576. The van der Waals surface area contributed by atoms with Crippen molar-refractivity contribution >= 4 is 23.7 Å². The number of carbonyl (C=O) groups excluding carboxylic acids is 3. The van der Waals surface area contributed by atoms with E-state index >= 15 is 0 Å². The van der Waals surface area contributed by atoms with Gasteiger partial charge in [-0.3, -0.25) is 4.79 Å². The SMILES string of the molecule is COc1ccc(CC(NC(=O)N2CCC(N3Cc4ccccc4NC3=O)CC2)C(=O)N2CCC(N3CCCCC3)CC2)cn1. The summed E-state index contributed by atoms with van der Waals surface area (Å²) in [7, 11) is 1.57. The number of anilines is 1. The molecule has 1 atom stereocenters. The Morgan fingerprint density at radius 3 is 2.34 bits per heavy atom. The summed E-state index contributed by atoms with van der Waals surface area (Å²) in [4.78, 5) is 52.8. The molecule has 44 heavy (non-hydrogen) atoms. The number of benzene rings is 1. The molecule has 2 aromatic rings. The van der Waals surface area contributed by atoms with Crippen LogP contribution in [0.2, 0.25) is 0 Å². The molecule has 3 saturated heterocycles. The summed E-state index contributed by atoms with van der Waals surface area (Å²) in [5.41, 5.74) is 2.83. The van der Waals surface area contributed by atoms with Crippen LogP contribution in [-0.4, -0.2) is 107 Å². The Labute approximate surface area is 259 Å². The fourth-order valence-electron chi connectivity index (χ4n) is 7.18. The van der Waals surface area contributed by atoms with Gasteiger partial charge in [-0.05, 0) is 68.8 Å². The highest BCUT2D eigenvalue weighted by Crippen LogP contribution is 2.28. The third-order valence-electron chi connectivity index (χ3n) is 9.78. The summed E-state index contributed by atoms with van der Waals surface area (Å²) in [6, 6.07) is 11.1. The van der Waals surface area contributed by atoms with Crippen molar-refractivity contribution in [2.75, 3.05) is 51.7 Å². The minimum atomic E-state index is -0.689.